The van der Waals surface area contributed by atoms with Gasteiger partial charge in [-0.25, -0.2) is 12.7 Å². The maximum atomic E-state index is 12.4. The van der Waals surface area contributed by atoms with E-state index in [0.717, 1.165) is 45.3 Å². The first-order valence-electron chi connectivity index (χ1n) is 7.72. The topological polar surface area (TPSA) is 49.4 Å². The van der Waals surface area contributed by atoms with Gasteiger partial charge in [0.15, 0.2) is 0 Å². The normalized spacial score (nSPS) is 28.6. The summed E-state index contributed by atoms with van der Waals surface area (Å²) in [6.07, 6.45) is 6.49. The smallest absolute Gasteiger partial charge is 0.215 e. The highest BCUT2D eigenvalue weighted by atomic mass is 32.2. The molecule has 1 unspecified atom stereocenters. The summed E-state index contributed by atoms with van der Waals surface area (Å²) in [5, 5.41) is 3.28. The summed E-state index contributed by atoms with van der Waals surface area (Å²) >= 11 is 0. The summed E-state index contributed by atoms with van der Waals surface area (Å²) in [6.45, 7) is 6.87. The second-order valence-corrected chi connectivity index (χ2v) is 8.19. The zero-order valence-electron chi connectivity index (χ0n) is 12.3. The maximum absolute atomic E-state index is 12.4. The van der Waals surface area contributed by atoms with Crippen molar-refractivity contribution in [2.75, 3.05) is 25.4 Å². The lowest BCUT2D eigenvalue weighted by molar-refractivity contribution is 0.141. The molecule has 2 fully saturated rings. The van der Waals surface area contributed by atoms with E-state index in [0.29, 0.717) is 5.41 Å². The summed E-state index contributed by atoms with van der Waals surface area (Å²) in [6, 6.07) is 0.175. The van der Waals surface area contributed by atoms with Crippen LogP contribution in [0.15, 0.2) is 0 Å². The fraction of sp³-hybridized carbons (Fsp3) is 1.00. The average molecular weight is 288 g/mol. The number of rotatable bonds is 5. The third-order valence-electron chi connectivity index (χ3n) is 5.25. The third kappa shape index (κ3) is 3.50. The van der Waals surface area contributed by atoms with Crippen molar-refractivity contribution in [1.29, 1.82) is 0 Å². The van der Waals surface area contributed by atoms with Gasteiger partial charge in [0.2, 0.25) is 10.0 Å². The van der Waals surface area contributed by atoms with Crippen LogP contribution in [0.5, 0.6) is 0 Å². The van der Waals surface area contributed by atoms with Crippen molar-refractivity contribution in [1.82, 2.24) is 9.62 Å². The highest BCUT2D eigenvalue weighted by molar-refractivity contribution is 7.89. The molecule has 0 aromatic heterocycles. The Kier molecular flexibility index (Phi) is 4.90. The summed E-state index contributed by atoms with van der Waals surface area (Å²) in [5.74, 6) is 0.290. The first-order chi connectivity index (χ1) is 9.01. The van der Waals surface area contributed by atoms with Gasteiger partial charge in [0.1, 0.15) is 0 Å². The molecule has 19 heavy (non-hydrogen) atoms. The molecule has 0 radical (unpaired) electrons. The zero-order valence-corrected chi connectivity index (χ0v) is 13.1. The van der Waals surface area contributed by atoms with Gasteiger partial charge in [0.05, 0.1) is 5.75 Å². The molecular weight excluding hydrogens is 260 g/mol. The third-order valence-corrected chi connectivity index (χ3v) is 7.23. The average Bonchev–Trinajstić information content (AvgIpc) is 2.91. The van der Waals surface area contributed by atoms with Crippen LogP contribution in [0.3, 0.4) is 0 Å². The number of hydrogen-bond acceptors (Lipinski definition) is 3. The first kappa shape index (κ1) is 15.3. The van der Waals surface area contributed by atoms with Crippen molar-refractivity contribution >= 4 is 10.0 Å². The van der Waals surface area contributed by atoms with Gasteiger partial charge in [0.25, 0.3) is 0 Å². The molecule has 2 rings (SSSR count). The predicted molar refractivity (Wildman–Crippen MR) is 78.6 cm³/mol. The minimum absolute atomic E-state index is 0.175. The van der Waals surface area contributed by atoms with Crippen LogP contribution in [-0.4, -0.2) is 44.2 Å². The van der Waals surface area contributed by atoms with Crippen LogP contribution < -0.4 is 5.32 Å². The number of hydrogen-bond donors (Lipinski definition) is 1. The van der Waals surface area contributed by atoms with Crippen LogP contribution in [-0.2, 0) is 10.0 Å². The lowest BCUT2D eigenvalue weighted by atomic mass is 9.75. The Morgan fingerprint density at radius 3 is 2.32 bits per heavy atom. The van der Waals surface area contributed by atoms with Gasteiger partial charge in [-0.05, 0) is 37.6 Å². The summed E-state index contributed by atoms with van der Waals surface area (Å²) in [5.41, 5.74) is 0.387. The fourth-order valence-corrected chi connectivity index (χ4v) is 5.20. The van der Waals surface area contributed by atoms with Crippen LogP contribution in [0, 0.1) is 5.41 Å². The molecule has 0 bridgehead atoms. The van der Waals surface area contributed by atoms with E-state index in [1.807, 2.05) is 0 Å². The van der Waals surface area contributed by atoms with Crippen molar-refractivity contribution in [2.45, 2.75) is 58.4 Å². The molecule has 1 atom stereocenters. The van der Waals surface area contributed by atoms with Crippen molar-refractivity contribution in [3.8, 4) is 0 Å². The minimum atomic E-state index is -3.06. The molecule has 0 aromatic carbocycles. The lowest BCUT2D eigenvalue weighted by Crippen LogP contribution is -2.46. The summed E-state index contributed by atoms with van der Waals surface area (Å²) in [4.78, 5) is 0. The summed E-state index contributed by atoms with van der Waals surface area (Å²) < 4.78 is 26.6. The van der Waals surface area contributed by atoms with Gasteiger partial charge in [-0.15, -0.1) is 0 Å². The number of piperidine rings is 1. The van der Waals surface area contributed by atoms with E-state index in [9.17, 15) is 8.42 Å². The molecular formula is C14H28N2O2S. The first-order valence-corrected chi connectivity index (χ1v) is 9.33. The molecule has 4 nitrogen and oxygen atoms in total. The highest BCUT2D eigenvalue weighted by Crippen LogP contribution is 2.38. The van der Waals surface area contributed by atoms with Gasteiger partial charge in [0, 0.05) is 19.1 Å². The Bertz CT molecular complexity index is 374. The lowest BCUT2D eigenvalue weighted by Gasteiger charge is -2.40. The van der Waals surface area contributed by atoms with Crippen molar-refractivity contribution in [2.24, 2.45) is 5.41 Å². The molecule has 1 N–H and O–H groups in total. The monoisotopic (exact) mass is 288 g/mol. The van der Waals surface area contributed by atoms with Crippen molar-refractivity contribution in [3.05, 3.63) is 0 Å². The van der Waals surface area contributed by atoms with E-state index >= 15 is 0 Å². The molecule has 112 valence electrons. The Labute approximate surface area is 118 Å². The zero-order chi connectivity index (χ0) is 13.9. The molecule has 2 aliphatic rings. The second-order valence-electron chi connectivity index (χ2n) is 6.18. The Balaban J connectivity index is 1.92. The van der Waals surface area contributed by atoms with Crippen LogP contribution in [0.25, 0.3) is 0 Å². The number of nitrogens with zero attached hydrogens (tertiary/aromatic N) is 1. The standard InChI is InChI=1S/C14H28N2O2S/c1-3-14(4-2)7-10-16(11-8-14)19(17,18)12-13-6-5-9-15-13/h13,15H,3-12H2,1-2H3. The number of sulfonamides is 1. The van der Waals surface area contributed by atoms with E-state index in [2.05, 4.69) is 19.2 Å². The van der Waals surface area contributed by atoms with Crippen LogP contribution in [0.2, 0.25) is 0 Å². The molecule has 5 heteroatoms. The Morgan fingerprint density at radius 2 is 1.84 bits per heavy atom. The van der Waals surface area contributed by atoms with Gasteiger partial charge < -0.3 is 5.32 Å². The molecule has 0 saturated carbocycles. The maximum Gasteiger partial charge on any atom is 0.215 e. The van der Waals surface area contributed by atoms with Gasteiger partial charge in [-0.3, -0.25) is 0 Å². The van der Waals surface area contributed by atoms with E-state index in [-0.39, 0.29) is 11.8 Å². The van der Waals surface area contributed by atoms with Crippen LogP contribution in [0.4, 0.5) is 0 Å². The van der Waals surface area contributed by atoms with E-state index in [1.54, 1.807) is 4.31 Å². The molecule has 0 aliphatic carbocycles. The summed E-state index contributed by atoms with van der Waals surface area (Å²) in [7, 11) is -3.06. The molecule has 2 saturated heterocycles. The minimum Gasteiger partial charge on any atom is -0.313 e. The molecule has 2 heterocycles. The van der Waals surface area contributed by atoms with E-state index in [4.69, 9.17) is 0 Å². The quantitative estimate of drug-likeness (QED) is 0.841. The van der Waals surface area contributed by atoms with Gasteiger partial charge in [-0.2, -0.15) is 0 Å². The highest BCUT2D eigenvalue weighted by Gasteiger charge is 2.36. The van der Waals surface area contributed by atoms with E-state index in [1.165, 1.54) is 12.8 Å². The number of nitrogens with one attached hydrogen (secondary N) is 1. The second kappa shape index (κ2) is 6.10. The van der Waals surface area contributed by atoms with Crippen LogP contribution in [0.1, 0.15) is 52.4 Å². The largest absolute Gasteiger partial charge is 0.313 e. The Morgan fingerprint density at radius 1 is 1.21 bits per heavy atom. The van der Waals surface area contributed by atoms with Gasteiger partial charge in [-0.1, -0.05) is 26.7 Å². The SMILES string of the molecule is CCC1(CC)CCN(S(=O)(=O)CC2CCCN2)CC1. The van der Waals surface area contributed by atoms with Crippen molar-refractivity contribution in [3.63, 3.8) is 0 Å². The fourth-order valence-electron chi connectivity index (χ4n) is 3.45. The van der Waals surface area contributed by atoms with Gasteiger partial charge >= 0.3 is 0 Å². The Hall–Kier alpha value is -0.130. The molecule has 0 spiro atoms. The predicted octanol–water partition coefficient (Wildman–Crippen LogP) is 1.97. The molecule has 0 amide bonds. The molecule has 2 aliphatic heterocycles. The van der Waals surface area contributed by atoms with E-state index < -0.39 is 10.0 Å². The van der Waals surface area contributed by atoms with Crippen LogP contribution >= 0.6 is 0 Å². The molecule has 0 aromatic rings. The van der Waals surface area contributed by atoms with Crippen molar-refractivity contribution < 1.29 is 8.42 Å².